The SMILES string of the molecule is CC(C)C.CC1=CCCC(Cl)=C1C(=O)Nc1ccc(/C=C(\NC(=O)c2cc[c-]cc2)C(=O)O)cc1.C[C-](C)CC(C)(C)C.[W+2]. The Balaban J connectivity index is 0.00000121. The quantitative estimate of drug-likeness (QED) is 0.193. The van der Waals surface area contributed by atoms with Gasteiger partial charge in [-0.25, -0.2) is 4.79 Å². The summed E-state index contributed by atoms with van der Waals surface area (Å²) in [5, 5.41) is 15.2. The molecule has 8 heteroatoms. The first kappa shape index (κ1) is 41.0. The van der Waals surface area contributed by atoms with E-state index in [1.165, 1.54) is 30.5 Å². The van der Waals surface area contributed by atoms with Crippen molar-refractivity contribution in [3.8, 4) is 0 Å². The zero-order valence-corrected chi connectivity index (χ0v) is 31.1. The molecule has 0 saturated carbocycles. The molecule has 3 rings (SSSR count). The third-order valence-corrected chi connectivity index (χ3v) is 5.91. The van der Waals surface area contributed by atoms with Crippen molar-refractivity contribution < 1.29 is 40.6 Å². The van der Waals surface area contributed by atoms with Crippen molar-refractivity contribution in [2.24, 2.45) is 11.3 Å². The number of aliphatic carboxylic acids is 1. The number of hydrogen-bond donors (Lipinski definition) is 3. The summed E-state index contributed by atoms with van der Waals surface area (Å²) >= 11 is 6.21. The van der Waals surface area contributed by atoms with Gasteiger partial charge in [0.05, 0.1) is 5.57 Å². The van der Waals surface area contributed by atoms with Crippen molar-refractivity contribution in [1.82, 2.24) is 5.32 Å². The van der Waals surface area contributed by atoms with E-state index in [9.17, 15) is 19.5 Å². The molecule has 0 atom stereocenters. The van der Waals surface area contributed by atoms with E-state index in [1.54, 1.807) is 36.4 Å². The van der Waals surface area contributed by atoms with Crippen molar-refractivity contribution in [2.75, 3.05) is 5.32 Å². The van der Waals surface area contributed by atoms with E-state index in [0.717, 1.165) is 17.9 Å². The largest absolute Gasteiger partial charge is 2.00 e. The number of carboxylic acid groups (broad SMARTS) is 1. The molecule has 1 aliphatic carbocycles. The van der Waals surface area contributed by atoms with Crippen LogP contribution in [-0.2, 0) is 30.7 Å². The monoisotopic (exact) mass is 790 g/mol. The number of amides is 2. The molecule has 238 valence electrons. The van der Waals surface area contributed by atoms with Crippen LogP contribution in [-0.4, -0.2) is 22.9 Å². The van der Waals surface area contributed by atoms with E-state index in [0.29, 0.717) is 39.3 Å². The Kier molecular flexibility index (Phi) is 18.8. The maximum Gasteiger partial charge on any atom is 2.00 e. The predicted molar refractivity (Wildman–Crippen MR) is 178 cm³/mol. The van der Waals surface area contributed by atoms with Crippen LogP contribution >= 0.6 is 11.6 Å². The van der Waals surface area contributed by atoms with Crippen LogP contribution in [0.1, 0.15) is 97.5 Å². The Bertz CT molecular complexity index is 1300. The van der Waals surface area contributed by atoms with Crippen LogP contribution in [0.4, 0.5) is 5.69 Å². The minimum absolute atomic E-state index is 0. The molecule has 0 saturated heterocycles. The summed E-state index contributed by atoms with van der Waals surface area (Å²) in [5.41, 5.74) is 2.94. The standard InChI is InChI=1S/C24H20ClN2O4.C8H17.C4H10.W/c1-15-6-5-9-19(25)21(15)23(29)26-18-12-10-16(11-13-18)14-20(24(30)31)27-22(28)17-7-3-2-4-8-17;1-7(2)6-8(3,4)5;1-4(2)3;/h3-4,6-8,10-14H,5,9H2,1H3,(H,26,29)(H,27,28)(H,30,31);6H2,1-5H3;4H,1-3H3;/q2*-1;;+2/b20-14-;;;. The van der Waals surface area contributed by atoms with Gasteiger partial charge in [0.15, 0.2) is 0 Å². The van der Waals surface area contributed by atoms with Crippen LogP contribution in [0, 0.1) is 23.3 Å². The minimum Gasteiger partial charge on any atom is -0.477 e. The average molecular weight is 791 g/mol. The van der Waals surface area contributed by atoms with Gasteiger partial charge in [-0.2, -0.15) is 50.6 Å². The second kappa shape index (κ2) is 20.2. The number of benzene rings is 2. The second-order valence-corrected chi connectivity index (χ2v) is 13.0. The average Bonchev–Trinajstić information content (AvgIpc) is 2.88. The van der Waals surface area contributed by atoms with E-state index < -0.39 is 11.9 Å². The van der Waals surface area contributed by atoms with Crippen LogP contribution < -0.4 is 10.6 Å². The van der Waals surface area contributed by atoms with Crippen molar-refractivity contribution in [2.45, 2.75) is 81.6 Å². The normalized spacial score (nSPS) is 13.0. The van der Waals surface area contributed by atoms with Gasteiger partial charge >= 0.3 is 27.0 Å². The van der Waals surface area contributed by atoms with Gasteiger partial charge in [-0.15, -0.1) is 0 Å². The number of halogens is 1. The molecule has 0 spiro atoms. The minimum atomic E-state index is -1.27. The van der Waals surface area contributed by atoms with Gasteiger partial charge in [-0.1, -0.05) is 82.3 Å². The summed E-state index contributed by atoms with van der Waals surface area (Å²) in [5.74, 6) is 0.264. The number of hydrogen-bond acceptors (Lipinski definition) is 3. The van der Waals surface area contributed by atoms with Gasteiger partial charge in [0.2, 0.25) is 5.91 Å². The van der Waals surface area contributed by atoms with Gasteiger partial charge in [-0.3, -0.25) is 9.59 Å². The first-order chi connectivity index (χ1) is 20.0. The topological polar surface area (TPSA) is 95.5 Å². The number of rotatable bonds is 7. The fourth-order valence-corrected chi connectivity index (χ4v) is 4.47. The first-order valence-electron chi connectivity index (χ1n) is 14.5. The van der Waals surface area contributed by atoms with E-state index in [2.05, 4.69) is 72.1 Å². The molecule has 0 aromatic heterocycles. The Morgan fingerprint density at radius 1 is 1.02 bits per heavy atom. The molecule has 2 amide bonds. The molecule has 44 heavy (non-hydrogen) atoms. The fourth-order valence-electron chi connectivity index (χ4n) is 4.13. The van der Waals surface area contributed by atoms with E-state index in [1.807, 2.05) is 13.0 Å². The van der Waals surface area contributed by atoms with Gasteiger partial charge in [0, 0.05) is 10.7 Å². The first-order valence-corrected chi connectivity index (χ1v) is 14.9. The van der Waals surface area contributed by atoms with Crippen LogP contribution in [0.5, 0.6) is 0 Å². The Labute approximate surface area is 283 Å². The Morgan fingerprint density at radius 3 is 2.00 bits per heavy atom. The van der Waals surface area contributed by atoms with Crippen LogP contribution in [0.3, 0.4) is 0 Å². The maximum atomic E-state index is 12.6. The molecule has 0 bridgehead atoms. The summed E-state index contributed by atoms with van der Waals surface area (Å²) in [7, 11) is 0. The Morgan fingerprint density at radius 2 is 1.57 bits per heavy atom. The number of carbonyl (C=O) groups excluding carboxylic acids is 2. The molecule has 0 fully saturated rings. The molecule has 3 N–H and O–H groups in total. The van der Waals surface area contributed by atoms with Crippen LogP contribution in [0.2, 0.25) is 0 Å². The number of anilines is 1. The van der Waals surface area contributed by atoms with Crippen molar-refractivity contribution in [3.05, 3.63) is 99.6 Å². The molecular weight excluding hydrogens is 744 g/mol. The summed E-state index contributed by atoms with van der Waals surface area (Å²) in [4.78, 5) is 36.3. The van der Waals surface area contributed by atoms with Gasteiger partial charge in [0.25, 0.3) is 5.91 Å². The fraction of sp³-hybridized carbons (Fsp3) is 0.389. The van der Waals surface area contributed by atoms with Crippen molar-refractivity contribution in [3.63, 3.8) is 0 Å². The third kappa shape index (κ3) is 16.8. The summed E-state index contributed by atoms with van der Waals surface area (Å²) in [6.07, 6.45) is 6.01. The van der Waals surface area contributed by atoms with Crippen molar-refractivity contribution in [1.29, 1.82) is 0 Å². The second-order valence-electron chi connectivity index (χ2n) is 12.6. The molecule has 0 radical (unpaired) electrons. The number of allylic oxidation sites excluding steroid dienone is 2. The van der Waals surface area contributed by atoms with E-state index in [4.69, 9.17) is 11.6 Å². The van der Waals surface area contributed by atoms with Gasteiger partial charge in [0.1, 0.15) is 5.70 Å². The molecule has 6 nitrogen and oxygen atoms in total. The number of carboxylic acids is 1. The van der Waals surface area contributed by atoms with E-state index in [-0.39, 0.29) is 32.7 Å². The predicted octanol–water partition coefficient (Wildman–Crippen LogP) is 9.21. The zero-order chi connectivity index (χ0) is 32.7. The molecular formula is C36H47ClN2O4W. The summed E-state index contributed by atoms with van der Waals surface area (Å²) in [6.45, 7) is 19.5. The zero-order valence-electron chi connectivity index (χ0n) is 27.4. The molecule has 1 aliphatic rings. The van der Waals surface area contributed by atoms with Gasteiger partial charge < -0.3 is 21.7 Å². The summed E-state index contributed by atoms with van der Waals surface area (Å²) < 4.78 is 0. The van der Waals surface area contributed by atoms with Gasteiger partial charge in [-0.05, 0) is 55.0 Å². The molecule has 0 unspecified atom stereocenters. The van der Waals surface area contributed by atoms with Crippen LogP contribution in [0.25, 0.3) is 6.08 Å². The maximum absolute atomic E-state index is 12.6. The Hall–Kier alpha value is -2.95. The third-order valence-electron chi connectivity index (χ3n) is 5.53. The van der Waals surface area contributed by atoms with E-state index >= 15 is 0 Å². The van der Waals surface area contributed by atoms with Crippen LogP contribution in [0.15, 0.2) is 76.5 Å². The molecule has 2 aromatic carbocycles. The number of nitrogens with one attached hydrogen (secondary N) is 2. The summed E-state index contributed by atoms with van der Waals surface area (Å²) in [6, 6.07) is 15.6. The molecule has 2 aromatic rings. The molecule has 0 aliphatic heterocycles. The molecule has 0 heterocycles. The smallest absolute Gasteiger partial charge is 0.477 e. The van der Waals surface area contributed by atoms with Crippen molar-refractivity contribution >= 4 is 41.1 Å². The number of carbonyl (C=O) groups is 3.